The third-order valence-electron chi connectivity index (χ3n) is 5.63. The summed E-state index contributed by atoms with van der Waals surface area (Å²) in [6.45, 7) is 9.58. The van der Waals surface area contributed by atoms with E-state index in [0.29, 0.717) is 17.0 Å². The van der Waals surface area contributed by atoms with Crippen LogP contribution in [0.15, 0.2) is 59.7 Å². The number of aryl methyl sites for hydroxylation is 4. The molecular weight excluding hydrogens is 456 g/mol. The highest BCUT2D eigenvalue weighted by atomic mass is 16.5. The van der Waals surface area contributed by atoms with Crippen molar-refractivity contribution in [3.8, 4) is 5.75 Å². The molecule has 0 aliphatic heterocycles. The average Bonchev–Trinajstić information content (AvgIpc) is 2.83. The molecule has 0 aliphatic carbocycles. The zero-order valence-corrected chi connectivity index (χ0v) is 21.1. The summed E-state index contributed by atoms with van der Waals surface area (Å²) >= 11 is 0. The number of carbonyl (C=O) groups is 3. The van der Waals surface area contributed by atoms with Gasteiger partial charge in [0.2, 0.25) is 0 Å². The maximum Gasteiger partial charge on any atom is 0.329 e. The zero-order chi connectivity index (χ0) is 26.2. The van der Waals surface area contributed by atoms with E-state index in [2.05, 4.69) is 21.2 Å². The molecule has 186 valence electrons. The highest BCUT2D eigenvalue weighted by molar-refractivity contribution is 6.39. The summed E-state index contributed by atoms with van der Waals surface area (Å²) < 4.78 is 5.57. The van der Waals surface area contributed by atoms with Gasteiger partial charge in [-0.15, -0.1) is 0 Å². The minimum absolute atomic E-state index is 0.133. The van der Waals surface area contributed by atoms with E-state index in [4.69, 9.17) is 4.74 Å². The van der Waals surface area contributed by atoms with Crippen LogP contribution in [0.3, 0.4) is 0 Å². The van der Waals surface area contributed by atoms with Crippen LogP contribution in [0, 0.1) is 34.6 Å². The summed E-state index contributed by atoms with van der Waals surface area (Å²) in [6, 6.07) is 16.3. The molecule has 0 fully saturated rings. The van der Waals surface area contributed by atoms with Crippen LogP contribution in [-0.2, 0) is 14.4 Å². The molecule has 0 atom stereocenters. The van der Waals surface area contributed by atoms with Crippen LogP contribution in [-0.4, -0.2) is 30.5 Å². The largest absolute Gasteiger partial charge is 0.484 e. The first-order chi connectivity index (χ1) is 17.1. The topological polar surface area (TPSA) is 109 Å². The number of nitrogens with one attached hydrogen (secondary N) is 3. The maximum absolute atomic E-state index is 12.3. The van der Waals surface area contributed by atoms with E-state index in [0.717, 1.165) is 33.5 Å². The monoisotopic (exact) mass is 486 g/mol. The summed E-state index contributed by atoms with van der Waals surface area (Å²) in [7, 11) is 0. The lowest BCUT2D eigenvalue weighted by Crippen LogP contribution is -2.32. The molecule has 0 spiro atoms. The van der Waals surface area contributed by atoms with Crippen molar-refractivity contribution in [2.75, 3.05) is 17.2 Å². The molecule has 3 aromatic rings. The van der Waals surface area contributed by atoms with E-state index in [-0.39, 0.29) is 12.5 Å². The summed E-state index contributed by atoms with van der Waals surface area (Å²) in [5.74, 6) is -1.43. The molecule has 0 saturated carbocycles. The molecular formula is C28H30N4O4. The van der Waals surface area contributed by atoms with Gasteiger partial charge in [-0.25, -0.2) is 5.43 Å². The number of anilines is 2. The molecule has 0 heterocycles. The molecule has 8 heteroatoms. The Bertz CT molecular complexity index is 1290. The number of hydrogen-bond donors (Lipinski definition) is 3. The first-order valence-electron chi connectivity index (χ1n) is 11.4. The highest BCUT2D eigenvalue weighted by Crippen LogP contribution is 2.22. The van der Waals surface area contributed by atoms with Crippen LogP contribution in [0.5, 0.6) is 5.75 Å². The van der Waals surface area contributed by atoms with Crippen LogP contribution >= 0.6 is 0 Å². The standard InChI is InChI=1S/C28H30N4O4/c1-17-13-19(3)26(20(4)14-17)31-25(33)16-36-23-11-9-22(10-12-23)15-29-32-28(35)27(34)30-24-8-6-7-18(2)21(24)5/h6-15H,16H2,1-5H3,(H,30,34)(H,31,33)(H,32,35)/b29-15-. The minimum Gasteiger partial charge on any atom is -0.484 e. The smallest absolute Gasteiger partial charge is 0.329 e. The van der Waals surface area contributed by atoms with Gasteiger partial charge in [0.1, 0.15) is 5.75 Å². The molecule has 0 aliphatic rings. The number of rotatable bonds is 7. The zero-order valence-electron chi connectivity index (χ0n) is 21.1. The van der Waals surface area contributed by atoms with Crippen molar-refractivity contribution >= 4 is 35.3 Å². The van der Waals surface area contributed by atoms with Crippen LogP contribution in [0.25, 0.3) is 0 Å². The van der Waals surface area contributed by atoms with Gasteiger partial charge in [-0.05, 0) is 92.8 Å². The summed E-state index contributed by atoms with van der Waals surface area (Å²) in [5.41, 5.74) is 9.30. The predicted molar refractivity (Wildman–Crippen MR) is 142 cm³/mol. The molecule has 0 unspecified atom stereocenters. The van der Waals surface area contributed by atoms with Crippen molar-refractivity contribution < 1.29 is 19.1 Å². The van der Waals surface area contributed by atoms with E-state index in [1.165, 1.54) is 6.21 Å². The fraction of sp³-hybridized carbons (Fsp3) is 0.214. The molecule has 0 radical (unpaired) electrons. The van der Waals surface area contributed by atoms with Gasteiger partial charge in [0.25, 0.3) is 5.91 Å². The van der Waals surface area contributed by atoms with Crippen molar-refractivity contribution in [2.45, 2.75) is 34.6 Å². The first-order valence-corrected chi connectivity index (χ1v) is 11.4. The number of hydrazone groups is 1. The van der Waals surface area contributed by atoms with Crippen LogP contribution in [0.2, 0.25) is 0 Å². The number of ether oxygens (including phenoxy) is 1. The summed E-state index contributed by atoms with van der Waals surface area (Å²) in [5, 5.41) is 9.30. The first kappa shape index (κ1) is 26.2. The van der Waals surface area contributed by atoms with E-state index in [1.807, 2.05) is 52.8 Å². The fourth-order valence-corrected chi connectivity index (χ4v) is 3.63. The number of amides is 3. The average molecular weight is 487 g/mol. The van der Waals surface area contributed by atoms with Gasteiger partial charge in [0.05, 0.1) is 6.21 Å². The van der Waals surface area contributed by atoms with Gasteiger partial charge < -0.3 is 15.4 Å². The van der Waals surface area contributed by atoms with Gasteiger partial charge in [0.15, 0.2) is 6.61 Å². The van der Waals surface area contributed by atoms with Crippen molar-refractivity contribution in [1.82, 2.24) is 5.43 Å². The van der Waals surface area contributed by atoms with Gasteiger partial charge in [-0.1, -0.05) is 29.8 Å². The SMILES string of the molecule is Cc1cc(C)c(NC(=O)COc2ccc(/C=N\NC(=O)C(=O)Nc3cccc(C)c3C)cc2)c(C)c1. The molecule has 0 saturated heterocycles. The van der Waals surface area contributed by atoms with Gasteiger partial charge >= 0.3 is 11.8 Å². The summed E-state index contributed by atoms with van der Waals surface area (Å²) in [4.78, 5) is 36.5. The van der Waals surface area contributed by atoms with Crippen molar-refractivity contribution in [3.63, 3.8) is 0 Å². The van der Waals surface area contributed by atoms with Crippen molar-refractivity contribution in [3.05, 3.63) is 88.0 Å². The van der Waals surface area contributed by atoms with Crippen molar-refractivity contribution in [2.24, 2.45) is 5.10 Å². The van der Waals surface area contributed by atoms with Gasteiger partial charge in [-0.2, -0.15) is 5.10 Å². The van der Waals surface area contributed by atoms with Crippen LogP contribution in [0.4, 0.5) is 11.4 Å². The van der Waals surface area contributed by atoms with E-state index in [1.54, 1.807) is 36.4 Å². The second-order valence-electron chi connectivity index (χ2n) is 8.58. The number of hydrogen-bond acceptors (Lipinski definition) is 5. The lowest BCUT2D eigenvalue weighted by atomic mass is 10.1. The number of nitrogens with zero attached hydrogens (tertiary/aromatic N) is 1. The maximum atomic E-state index is 12.3. The Hall–Kier alpha value is -4.46. The normalized spacial score (nSPS) is 10.7. The van der Waals surface area contributed by atoms with E-state index < -0.39 is 11.8 Å². The minimum atomic E-state index is -0.878. The van der Waals surface area contributed by atoms with Gasteiger partial charge in [0, 0.05) is 11.4 Å². The lowest BCUT2D eigenvalue weighted by Gasteiger charge is -2.13. The third-order valence-corrected chi connectivity index (χ3v) is 5.63. The Morgan fingerprint density at radius 2 is 1.50 bits per heavy atom. The molecule has 3 aromatic carbocycles. The quantitative estimate of drug-likeness (QED) is 0.262. The molecule has 36 heavy (non-hydrogen) atoms. The number of benzene rings is 3. The Morgan fingerprint density at radius 1 is 0.833 bits per heavy atom. The van der Waals surface area contributed by atoms with Gasteiger partial charge in [-0.3, -0.25) is 14.4 Å². The molecule has 0 bridgehead atoms. The Kier molecular flexibility index (Phi) is 8.57. The molecule has 3 N–H and O–H groups in total. The second kappa shape index (κ2) is 11.8. The Balaban J connectivity index is 1.47. The summed E-state index contributed by atoms with van der Waals surface area (Å²) in [6.07, 6.45) is 1.41. The predicted octanol–water partition coefficient (Wildman–Crippen LogP) is 4.34. The van der Waals surface area contributed by atoms with Crippen LogP contribution in [0.1, 0.15) is 33.4 Å². The molecule has 3 rings (SSSR count). The van der Waals surface area contributed by atoms with Crippen molar-refractivity contribution in [1.29, 1.82) is 0 Å². The molecule has 3 amide bonds. The molecule has 8 nitrogen and oxygen atoms in total. The Morgan fingerprint density at radius 3 is 2.17 bits per heavy atom. The second-order valence-corrected chi connectivity index (χ2v) is 8.58. The van der Waals surface area contributed by atoms with Crippen LogP contribution < -0.4 is 20.8 Å². The third kappa shape index (κ3) is 7.02. The van der Waals surface area contributed by atoms with E-state index >= 15 is 0 Å². The highest BCUT2D eigenvalue weighted by Gasteiger charge is 2.14. The lowest BCUT2D eigenvalue weighted by molar-refractivity contribution is -0.136. The van der Waals surface area contributed by atoms with E-state index in [9.17, 15) is 14.4 Å². The fourth-order valence-electron chi connectivity index (χ4n) is 3.63. The number of carbonyl (C=O) groups excluding carboxylic acids is 3. The molecule has 0 aromatic heterocycles. The Labute approximate surface area is 210 Å².